The van der Waals surface area contributed by atoms with Gasteiger partial charge in [0.1, 0.15) is 0 Å². The summed E-state index contributed by atoms with van der Waals surface area (Å²) in [7, 11) is -6.86. The molecule has 1 aromatic heterocycles. The van der Waals surface area contributed by atoms with Gasteiger partial charge in [-0.05, 0) is 36.4 Å². The zero-order valence-corrected chi connectivity index (χ0v) is 23.2. The number of carbonyl (C=O) groups is 1. The normalized spacial score (nSPS) is 14.9. The molecule has 3 aromatic rings. The Morgan fingerprint density at radius 1 is 1.08 bits per heavy atom. The van der Waals surface area contributed by atoms with Crippen LogP contribution in [0.1, 0.15) is 17.3 Å². The summed E-state index contributed by atoms with van der Waals surface area (Å²) >= 11 is 1.23. The molecule has 0 unspecified atom stereocenters. The van der Waals surface area contributed by atoms with E-state index in [1.54, 1.807) is 31.2 Å². The van der Waals surface area contributed by atoms with E-state index in [0.29, 0.717) is 41.7 Å². The molecular formula is C23H28ClN3O6S3. The first-order valence-electron chi connectivity index (χ1n) is 11.1. The number of amides is 1. The van der Waals surface area contributed by atoms with Gasteiger partial charge in [-0.3, -0.25) is 14.6 Å². The smallest absolute Gasteiger partial charge is 0.260 e. The van der Waals surface area contributed by atoms with Crippen molar-refractivity contribution in [2.45, 2.75) is 16.7 Å². The van der Waals surface area contributed by atoms with Crippen LogP contribution < -0.4 is 4.90 Å². The van der Waals surface area contributed by atoms with Crippen molar-refractivity contribution >= 4 is 64.7 Å². The molecule has 0 radical (unpaired) electrons. The highest BCUT2D eigenvalue weighted by atomic mass is 35.5. The lowest BCUT2D eigenvalue weighted by molar-refractivity contribution is 0.0391. The predicted octanol–water partition coefficient (Wildman–Crippen LogP) is 2.89. The Morgan fingerprint density at radius 2 is 1.81 bits per heavy atom. The average molecular weight is 574 g/mol. The lowest BCUT2D eigenvalue weighted by atomic mass is 10.2. The van der Waals surface area contributed by atoms with E-state index in [9.17, 15) is 21.6 Å². The summed E-state index contributed by atoms with van der Waals surface area (Å²) in [5.41, 5.74) is 0.835. The number of sulfone groups is 2. The topological polar surface area (TPSA) is 114 Å². The van der Waals surface area contributed by atoms with Crippen molar-refractivity contribution < 1.29 is 26.4 Å². The summed E-state index contributed by atoms with van der Waals surface area (Å²) in [5, 5.41) is 0.424. The van der Waals surface area contributed by atoms with E-state index in [0.717, 1.165) is 19.3 Å². The van der Waals surface area contributed by atoms with Crippen molar-refractivity contribution in [3.8, 4) is 0 Å². The summed E-state index contributed by atoms with van der Waals surface area (Å²) in [5.74, 6) is -0.430. The third-order valence-corrected chi connectivity index (χ3v) is 9.70. The molecule has 0 aliphatic carbocycles. The van der Waals surface area contributed by atoms with Crippen molar-refractivity contribution in [1.29, 1.82) is 0 Å². The Kier molecular flexibility index (Phi) is 9.12. The molecule has 0 saturated carbocycles. The number of benzene rings is 2. The van der Waals surface area contributed by atoms with Gasteiger partial charge < -0.3 is 4.74 Å². The van der Waals surface area contributed by atoms with Gasteiger partial charge in [-0.1, -0.05) is 24.3 Å². The number of nitrogens with zero attached hydrogens (tertiary/aromatic N) is 3. The summed E-state index contributed by atoms with van der Waals surface area (Å²) in [6, 6.07) is 10.7. The second kappa shape index (κ2) is 11.5. The highest BCUT2D eigenvalue weighted by Gasteiger charge is 2.24. The Hall–Kier alpha value is -2.09. The second-order valence-electron chi connectivity index (χ2n) is 8.24. The Balaban J connectivity index is 0.00000361. The first-order chi connectivity index (χ1) is 16.6. The molecule has 9 nitrogen and oxygen atoms in total. The molecule has 2 heterocycles. The second-order valence-corrected chi connectivity index (χ2v) is 13.5. The third-order valence-electron chi connectivity index (χ3n) is 5.82. The summed E-state index contributed by atoms with van der Waals surface area (Å²) in [6.07, 6.45) is 1.14. The number of morpholine rings is 1. The van der Waals surface area contributed by atoms with Crippen molar-refractivity contribution in [2.75, 3.05) is 56.3 Å². The van der Waals surface area contributed by atoms with E-state index in [1.165, 1.54) is 34.4 Å². The van der Waals surface area contributed by atoms with Crippen LogP contribution in [0.2, 0.25) is 0 Å². The van der Waals surface area contributed by atoms with Crippen molar-refractivity contribution in [1.82, 2.24) is 9.88 Å². The van der Waals surface area contributed by atoms with Crippen LogP contribution in [0.4, 0.5) is 5.13 Å². The quantitative estimate of drug-likeness (QED) is 0.404. The predicted molar refractivity (Wildman–Crippen MR) is 143 cm³/mol. The largest absolute Gasteiger partial charge is 0.379 e. The number of rotatable bonds is 8. The molecule has 1 aliphatic rings. The van der Waals surface area contributed by atoms with Gasteiger partial charge in [0.25, 0.3) is 5.91 Å². The van der Waals surface area contributed by atoms with E-state index in [1.807, 2.05) is 0 Å². The lowest BCUT2D eigenvalue weighted by Gasteiger charge is -2.29. The van der Waals surface area contributed by atoms with Crippen LogP contribution in [0.5, 0.6) is 0 Å². The first kappa shape index (κ1) is 28.5. The van der Waals surface area contributed by atoms with Crippen LogP contribution >= 0.6 is 23.7 Å². The van der Waals surface area contributed by atoms with E-state index in [2.05, 4.69) is 9.88 Å². The minimum absolute atomic E-state index is 0. The molecule has 1 saturated heterocycles. The fourth-order valence-electron chi connectivity index (χ4n) is 3.73. The van der Waals surface area contributed by atoms with E-state index in [4.69, 9.17) is 4.74 Å². The van der Waals surface area contributed by atoms with Gasteiger partial charge in [0, 0.05) is 38.0 Å². The van der Waals surface area contributed by atoms with Gasteiger partial charge in [0.2, 0.25) is 0 Å². The van der Waals surface area contributed by atoms with Gasteiger partial charge in [-0.2, -0.15) is 0 Å². The van der Waals surface area contributed by atoms with Gasteiger partial charge in [0.15, 0.2) is 24.8 Å². The van der Waals surface area contributed by atoms with Gasteiger partial charge in [-0.15, -0.1) is 12.4 Å². The van der Waals surface area contributed by atoms with Crippen LogP contribution in [0.25, 0.3) is 10.2 Å². The molecule has 0 N–H and O–H groups in total. The number of ether oxygens (including phenoxy) is 1. The molecule has 0 spiro atoms. The highest BCUT2D eigenvalue weighted by molar-refractivity contribution is 7.91. The fourth-order valence-corrected chi connectivity index (χ4v) is 6.41. The minimum atomic E-state index is -3.48. The van der Waals surface area contributed by atoms with Gasteiger partial charge in [0.05, 0.1) is 39.0 Å². The van der Waals surface area contributed by atoms with Crippen molar-refractivity contribution in [3.63, 3.8) is 0 Å². The first-order valence-corrected chi connectivity index (χ1v) is 15.5. The van der Waals surface area contributed by atoms with Crippen molar-refractivity contribution in [3.05, 3.63) is 48.0 Å². The highest BCUT2D eigenvalue weighted by Crippen LogP contribution is 2.31. The zero-order valence-electron chi connectivity index (χ0n) is 19.9. The molecular weight excluding hydrogens is 546 g/mol. The lowest BCUT2D eigenvalue weighted by Crippen LogP contribution is -2.43. The summed E-state index contributed by atoms with van der Waals surface area (Å²) < 4.78 is 54.8. The van der Waals surface area contributed by atoms with Crippen LogP contribution in [-0.2, 0) is 24.4 Å². The summed E-state index contributed by atoms with van der Waals surface area (Å²) in [6.45, 7) is 5.24. The van der Waals surface area contributed by atoms with Crippen LogP contribution in [0, 0.1) is 0 Å². The number of aromatic nitrogens is 1. The molecule has 13 heteroatoms. The molecule has 1 aliphatic heterocycles. The van der Waals surface area contributed by atoms with Gasteiger partial charge in [-0.25, -0.2) is 21.8 Å². The average Bonchev–Trinajstić information content (AvgIpc) is 3.27. The SMILES string of the molecule is CCS(=O)(=O)c1cccc(C(=O)N(CCN2CCOCC2)c2nc3ccc(S(C)(=O)=O)cc3s2)c1.Cl. The third kappa shape index (κ3) is 6.42. The fraction of sp³-hybridized carbons (Fsp3) is 0.391. The maximum Gasteiger partial charge on any atom is 0.260 e. The van der Waals surface area contributed by atoms with E-state index >= 15 is 0 Å². The van der Waals surface area contributed by atoms with Crippen LogP contribution in [-0.4, -0.2) is 84.0 Å². The number of fused-ring (bicyclic) bond motifs is 1. The van der Waals surface area contributed by atoms with E-state index < -0.39 is 19.7 Å². The molecule has 1 amide bonds. The molecule has 196 valence electrons. The summed E-state index contributed by atoms with van der Waals surface area (Å²) in [4.78, 5) is 22.3. The van der Waals surface area contributed by atoms with Gasteiger partial charge >= 0.3 is 0 Å². The molecule has 2 aromatic carbocycles. The number of hydrogen-bond acceptors (Lipinski definition) is 9. The minimum Gasteiger partial charge on any atom is -0.379 e. The zero-order chi connectivity index (χ0) is 25.2. The molecule has 1 fully saturated rings. The van der Waals surface area contributed by atoms with Crippen molar-refractivity contribution in [2.24, 2.45) is 0 Å². The monoisotopic (exact) mass is 573 g/mol. The Morgan fingerprint density at radius 3 is 2.47 bits per heavy atom. The molecule has 4 rings (SSSR count). The molecule has 0 atom stereocenters. The Bertz CT molecular complexity index is 1450. The molecule has 0 bridgehead atoms. The number of carbonyl (C=O) groups excluding carboxylic acids is 1. The maximum atomic E-state index is 13.6. The Labute approximate surface area is 221 Å². The molecule has 36 heavy (non-hydrogen) atoms. The number of halogens is 1. The van der Waals surface area contributed by atoms with Crippen LogP contribution in [0.3, 0.4) is 0 Å². The number of anilines is 1. The van der Waals surface area contributed by atoms with Crippen LogP contribution in [0.15, 0.2) is 52.3 Å². The maximum absolute atomic E-state index is 13.6. The number of thiazole rings is 1. The van der Waals surface area contributed by atoms with E-state index in [-0.39, 0.29) is 39.4 Å². The standard InChI is InChI=1S/C23H27N3O6S3.ClH/c1-3-35(30,31)19-6-4-5-17(15-19)22(27)26(10-9-25-11-13-32-14-12-25)23-24-20-8-7-18(34(2,28)29)16-21(20)33-23;/h4-8,15-16H,3,9-14H2,1-2H3;1H. The number of hydrogen-bond donors (Lipinski definition) is 0.